The zero-order valence-corrected chi connectivity index (χ0v) is 15.6. The number of hydrogen-bond donors (Lipinski definition) is 3. The summed E-state index contributed by atoms with van der Waals surface area (Å²) in [6.07, 6.45) is 0.182. The molecule has 1 aliphatic rings. The number of nitrogens with zero attached hydrogens (tertiary/aromatic N) is 1. The van der Waals surface area contributed by atoms with Crippen LogP contribution in [0.4, 0.5) is 4.79 Å². The van der Waals surface area contributed by atoms with Crippen molar-refractivity contribution in [2.24, 2.45) is 5.92 Å². The van der Waals surface area contributed by atoms with Crippen LogP contribution < -0.4 is 15.4 Å². The average Bonchev–Trinajstić information content (AvgIpc) is 2.75. The Balaban J connectivity index is 2.23. The van der Waals surface area contributed by atoms with E-state index in [1.165, 1.54) is 14.0 Å². The quantitative estimate of drug-likeness (QED) is 0.669. The molecular formula is C17H20ClN3O6. The topological polar surface area (TPSA) is 125 Å². The molecule has 146 valence electrons. The molecule has 9 nitrogen and oxygen atoms in total. The summed E-state index contributed by atoms with van der Waals surface area (Å²) >= 11 is 6.01. The van der Waals surface area contributed by atoms with Crippen LogP contribution in [0.25, 0.3) is 0 Å². The SMILES string of the molecule is COc1ccc(Cl)cc1CC1CNC(=O)CN(C(=O)N[C@H](C)C(=O)O)C1=O. The van der Waals surface area contributed by atoms with E-state index in [0.29, 0.717) is 16.3 Å². The van der Waals surface area contributed by atoms with Crippen molar-refractivity contribution < 1.29 is 29.0 Å². The van der Waals surface area contributed by atoms with Crippen LogP contribution in [-0.2, 0) is 20.8 Å². The lowest BCUT2D eigenvalue weighted by molar-refractivity contribution is -0.139. The number of carboxylic acid groups (broad SMARTS) is 1. The summed E-state index contributed by atoms with van der Waals surface area (Å²) in [6, 6.07) is 2.82. The first-order chi connectivity index (χ1) is 12.7. The van der Waals surface area contributed by atoms with E-state index in [1.807, 2.05) is 0 Å². The monoisotopic (exact) mass is 397 g/mol. The Labute approximate surface area is 160 Å². The lowest BCUT2D eigenvalue weighted by atomic mass is 9.97. The van der Waals surface area contributed by atoms with E-state index in [9.17, 15) is 19.2 Å². The van der Waals surface area contributed by atoms with Gasteiger partial charge in [-0.2, -0.15) is 0 Å². The van der Waals surface area contributed by atoms with Crippen molar-refractivity contribution in [3.8, 4) is 5.75 Å². The number of amides is 4. The molecule has 1 aromatic rings. The molecular weight excluding hydrogens is 378 g/mol. The molecule has 0 spiro atoms. The second-order valence-corrected chi connectivity index (χ2v) is 6.53. The number of aliphatic carboxylic acids is 1. The third kappa shape index (κ3) is 5.10. The van der Waals surface area contributed by atoms with Gasteiger partial charge in [0.25, 0.3) is 0 Å². The van der Waals surface area contributed by atoms with E-state index in [4.69, 9.17) is 21.4 Å². The Morgan fingerprint density at radius 2 is 2.15 bits per heavy atom. The fourth-order valence-corrected chi connectivity index (χ4v) is 2.85. The fourth-order valence-electron chi connectivity index (χ4n) is 2.65. The second-order valence-electron chi connectivity index (χ2n) is 6.10. The van der Waals surface area contributed by atoms with Crippen molar-refractivity contribution in [2.45, 2.75) is 19.4 Å². The number of nitrogens with one attached hydrogen (secondary N) is 2. The van der Waals surface area contributed by atoms with E-state index in [2.05, 4.69) is 10.6 Å². The number of carbonyl (C=O) groups is 4. The summed E-state index contributed by atoms with van der Waals surface area (Å²) in [5.74, 6) is -2.57. The largest absolute Gasteiger partial charge is 0.496 e. The normalized spacial score (nSPS) is 18.3. The van der Waals surface area contributed by atoms with Crippen LogP contribution in [0.3, 0.4) is 0 Å². The number of hydrogen-bond acceptors (Lipinski definition) is 5. The predicted octanol–water partition coefficient (Wildman–Crippen LogP) is 0.648. The highest BCUT2D eigenvalue weighted by Crippen LogP contribution is 2.26. The molecule has 10 heteroatoms. The van der Waals surface area contributed by atoms with E-state index in [0.717, 1.165) is 4.90 Å². The fraction of sp³-hybridized carbons (Fsp3) is 0.412. The lowest BCUT2D eigenvalue weighted by Crippen LogP contribution is -2.51. The van der Waals surface area contributed by atoms with Crippen LogP contribution in [0.2, 0.25) is 5.02 Å². The first kappa shape index (κ1) is 20.5. The molecule has 0 bridgehead atoms. The van der Waals surface area contributed by atoms with Crippen molar-refractivity contribution >= 4 is 35.4 Å². The van der Waals surface area contributed by atoms with E-state index < -0.39 is 42.3 Å². The van der Waals surface area contributed by atoms with Gasteiger partial charge in [0, 0.05) is 11.6 Å². The van der Waals surface area contributed by atoms with Crippen LogP contribution in [0.15, 0.2) is 18.2 Å². The number of ether oxygens (including phenoxy) is 1. The molecule has 2 rings (SSSR count). The molecule has 1 aliphatic heterocycles. The van der Waals surface area contributed by atoms with Crippen molar-refractivity contribution in [1.82, 2.24) is 15.5 Å². The average molecular weight is 398 g/mol. The number of carboxylic acids is 1. The highest BCUT2D eigenvalue weighted by atomic mass is 35.5. The maximum atomic E-state index is 12.8. The molecule has 1 unspecified atom stereocenters. The first-order valence-corrected chi connectivity index (χ1v) is 8.54. The van der Waals surface area contributed by atoms with E-state index >= 15 is 0 Å². The van der Waals surface area contributed by atoms with Crippen LogP contribution >= 0.6 is 11.6 Å². The summed E-state index contributed by atoms with van der Waals surface area (Å²) in [7, 11) is 1.48. The summed E-state index contributed by atoms with van der Waals surface area (Å²) in [5, 5.41) is 14.1. The van der Waals surface area contributed by atoms with Gasteiger partial charge >= 0.3 is 12.0 Å². The Kier molecular flexibility index (Phi) is 6.62. The van der Waals surface area contributed by atoms with Crippen molar-refractivity contribution in [1.29, 1.82) is 0 Å². The Morgan fingerprint density at radius 3 is 2.78 bits per heavy atom. The number of halogens is 1. The summed E-state index contributed by atoms with van der Waals surface area (Å²) in [6.45, 7) is 0.808. The number of benzene rings is 1. The van der Waals surface area contributed by atoms with Gasteiger partial charge in [0.1, 0.15) is 18.3 Å². The van der Waals surface area contributed by atoms with Gasteiger partial charge in [-0.1, -0.05) is 11.6 Å². The van der Waals surface area contributed by atoms with Crippen molar-refractivity contribution in [3.05, 3.63) is 28.8 Å². The van der Waals surface area contributed by atoms with Crippen LogP contribution in [0, 0.1) is 5.92 Å². The Hall–Kier alpha value is -2.81. The second kappa shape index (κ2) is 8.72. The Morgan fingerprint density at radius 1 is 1.44 bits per heavy atom. The van der Waals surface area contributed by atoms with Gasteiger partial charge in [-0.15, -0.1) is 0 Å². The molecule has 0 aromatic heterocycles. The molecule has 4 amide bonds. The molecule has 0 aliphatic carbocycles. The molecule has 3 N–H and O–H groups in total. The molecule has 1 fully saturated rings. The number of urea groups is 1. The lowest BCUT2D eigenvalue weighted by Gasteiger charge is -2.23. The summed E-state index contributed by atoms with van der Waals surface area (Å²) in [4.78, 5) is 48.7. The third-order valence-electron chi connectivity index (χ3n) is 4.13. The predicted molar refractivity (Wildman–Crippen MR) is 95.6 cm³/mol. The zero-order valence-electron chi connectivity index (χ0n) is 14.8. The van der Waals surface area contributed by atoms with E-state index in [1.54, 1.807) is 18.2 Å². The zero-order chi connectivity index (χ0) is 20.1. The van der Waals surface area contributed by atoms with Crippen molar-refractivity contribution in [2.75, 3.05) is 20.2 Å². The smallest absolute Gasteiger partial charge is 0.325 e. The minimum Gasteiger partial charge on any atom is -0.496 e. The summed E-state index contributed by atoms with van der Waals surface area (Å²) < 4.78 is 5.27. The third-order valence-corrected chi connectivity index (χ3v) is 4.36. The van der Waals surface area contributed by atoms with E-state index in [-0.39, 0.29) is 13.0 Å². The highest BCUT2D eigenvalue weighted by Gasteiger charge is 2.35. The summed E-state index contributed by atoms with van der Waals surface area (Å²) in [5.41, 5.74) is 0.652. The van der Waals surface area contributed by atoms with Crippen LogP contribution in [-0.4, -0.2) is 60.1 Å². The minimum atomic E-state index is -1.25. The molecule has 1 saturated heterocycles. The van der Waals surface area contributed by atoms with Crippen LogP contribution in [0.1, 0.15) is 12.5 Å². The van der Waals surface area contributed by atoms with Gasteiger partial charge in [-0.25, -0.2) is 4.79 Å². The van der Waals surface area contributed by atoms with Gasteiger partial charge in [-0.05, 0) is 37.1 Å². The maximum Gasteiger partial charge on any atom is 0.325 e. The first-order valence-electron chi connectivity index (χ1n) is 8.16. The maximum absolute atomic E-state index is 12.8. The molecule has 2 atom stereocenters. The van der Waals surface area contributed by atoms with Gasteiger partial charge in [0.15, 0.2) is 0 Å². The number of carbonyl (C=O) groups excluding carboxylic acids is 3. The molecule has 0 saturated carbocycles. The number of methoxy groups -OCH3 is 1. The number of imide groups is 1. The molecule has 1 heterocycles. The molecule has 27 heavy (non-hydrogen) atoms. The minimum absolute atomic E-state index is 0.0333. The van der Waals surface area contributed by atoms with Gasteiger partial charge in [-0.3, -0.25) is 19.3 Å². The molecule has 0 radical (unpaired) electrons. The standard InChI is InChI=1S/C17H20ClN3O6/c1-9(16(24)25)20-17(26)21-8-14(22)19-7-11(15(21)23)5-10-6-12(18)3-4-13(10)27-2/h3-4,6,9,11H,5,7-8H2,1-2H3,(H,19,22)(H,20,26)(H,24,25)/t9-,11?/m1/s1. The Bertz CT molecular complexity index is 769. The van der Waals surface area contributed by atoms with Crippen LogP contribution in [0.5, 0.6) is 5.75 Å². The van der Waals surface area contributed by atoms with Gasteiger partial charge in [0.05, 0.1) is 13.0 Å². The highest BCUT2D eigenvalue weighted by molar-refractivity contribution is 6.30. The van der Waals surface area contributed by atoms with Gasteiger partial charge in [0.2, 0.25) is 11.8 Å². The van der Waals surface area contributed by atoms with Gasteiger partial charge < -0.3 is 20.5 Å². The molecule has 1 aromatic carbocycles. The number of rotatable bonds is 5. The van der Waals surface area contributed by atoms with Crippen molar-refractivity contribution in [3.63, 3.8) is 0 Å².